The first-order chi connectivity index (χ1) is 8.01. The van der Waals surface area contributed by atoms with Crippen molar-refractivity contribution in [1.29, 1.82) is 0 Å². The molecule has 8 nitrogen and oxygen atoms in total. The monoisotopic (exact) mass is 242 g/mol. The van der Waals surface area contributed by atoms with Crippen molar-refractivity contribution in [3.63, 3.8) is 0 Å². The van der Waals surface area contributed by atoms with E-state index in [0.717, 1.165) is 7.11 Å². The van der Waals surface area contributed by atoms with E-state index in [2.05, 4.69) is 14.5 Å². The molecule has 0 atom stereocenters. The van der Waals surface area contributed by atoms with Crippen molar-refractivity contribution in [2.75, 3.05) is 13.7 Å². The molecule has 1 heterocycles. The van der Waals surface area contributed by atoms with Crippen LogP contribution in [-0.4, -0.2) is 40.7 Å². The highest BCUT2D eigenvalue weighted by Crippen LogP contribution is 2.09. The lowest BCUT2D eigenvalue weighted by atomic mass is 10.3. The summed E-state index contributed by atoms with van der Waals surface area (Å²) < 4.78 is 8.89. The van der Waals surface area contributed by atoms with Crippen LogP contribution in [0.25, 0.3) is 0 Å². The normalized spacial score (nSPS) is 9.76. The summed E-state index contributed by atoms with van der Waals surface area (Å²) in [5.74, 6) is -3.33. The second-order valence-corrected chi connectivity index (χ2v) is 2.82. The number of carbonyl (C=O) groups excluding carboxylic acids is 2. The Balaban J connectivity index is 3.30. The van der Waals surface area contributed by atoms with Gasteiger partial charge < -0.3 is 14.6 Å². The summed E-state index contributed by atoms with van der Waals surface area (Å²) in [6.07, 6.45) is 0. The summed E-state index contributed by atoms with van der Waals surface area (Å²) in [6.45, 7) is 1.59. The fourth-order valence-corrected chi connectivity index (χ4v) is 1.00. The molecule has 0 aromatic carbocycles. The number of methoxy groups -OCH3 is 1. The molecule has 1 rings (SSSR count). The average molecular weight is 242 g/mol. The number of rotatable bonds is 3. The summed E-state index contributed by atoms with van der Waals surface area (Å²) >= 11 is 0. The maximum atomic E-state index is 11.3. The number of aromatic nitrogens is 2. The number of hydrogen-bond donors (Lipinski definition) is 2. The Morgan fingerprint density at radius 3 is 2.59 bits per heavy atom. The lowest BCUT2D eigenvalue weighted by Crippen LogP contribution is -2.21. The smallest absolute Gasteiger partial charge is 0.374 e. The van der Waals surface area contributed by atoms with E-state index in [4.69, 9.17) is 0 Å². The van der Waals surface area contributed by atoms with E-state index in [-0.39, 0.29) is 6.61 Å². The second-order valence-electron chi connectivity index (χ2n) is 2.82. The van der Waals surface area contributed by atoms with E-state index in [1.54, 1.807) is 6.92 Å². The van der Waals surface area contributed by atoms with E-state index in [0.29, 0.717) is 0 Å². The van der Waals surface area contributed by atoms with Gasteiger partial charge in [0.05, 0.1) is 13.7 Å². The number of H-pyrrole nitrogens is 1. The SMILES string of the molecule is CCOC(=O)c1nc(C(=O)OC)[nH]c(=O)c1O. The van der Waals surface area contributed by atoms with Gasteiger partial charge in [-0.25, -0.2) is 14.6 Å². The fraction of sp³-hybridized carbons (Fsp3) is 0.333. The minimum atomic E-state index is -1.02. The molecule has 0 aliphatic heterocycles. The van der Waals surface area contributed by atoms with Gasteiger partial charge in [0.2, 0.25) is 11.6 Å². The van der Waals surface area contributed by atoms with E-state index < -0.39 is 34.8 Å². The van der Waals surface area contributed by atoms with E-state index in [1.807, 2.05) is 4.98 Å². The van der Waals surface area contributed by atoms with E-state index in [9.17, 15) is 19.5 Å². The lowest BCUT2D eigenvalue weighted by molar-refractivity contribution is 0.0513. The largest absolute Gasteiger partial charge is 0.501 e. The highest BCUT2D eigenvalue weighted by molar-refractivity contribution is 5.92. The Morgan fingerprint density at radius 1 is 1.41 bits per heavy atom. The zero-order valence-corrected chi connectivity index (χ0v) is 9.14. The molecule has 17 heavy (non-hydrogen) atoms. The van der Waals surface area contributed by atoms with Crippen LogP contribution in [-0.2, 0) is 9.47 Å². The highest BCUT2D eigenvalue weighted by Gasteiger charge is 2.21. The molecule has 0 saturated carbocycles. The van der Waals surface area contributed by atoms with Gasteiger partial charge in [-0.2, -0.15) is 0 Å². The third-order valence-corrected chi connectivity index (χ3v) is 1.74. The van der Waals surface area contributed by atoms with Gasteiger partial charge >= 0.3 is 11.9 Å². The second kappa shape index (κ2) is 5.10. The Labute approximate surface area is 95.2 Å². The van der Waals surface area contributed by atoms with Gasteiger partial charge in [0.15, 0.2) is 5.69 Å². The van der Waals surface area contributed by atoms with Crippen LogP contribution in [0.2, 0.25) is 0 Å². The van der Waals surface area contributed by atoms with Crippen LogP contribution in [0.1, 0.15) is 28.0 Å². The summed E-state index contributed by atoms with van der Waals surface area (Å²) in [7, 11) is 1.08. The maximum absolute atomic E-state index is 11.3. The van der Waals surface area contributed by atoms with Gasteiger partial charge in [-0.15, -0.1) is 0 Å². The Kier molecular flexibility index (Phi) is 3.81. The van der Waals surface area contributed by atoms with Gasteiger partial charge in [0.25, 0.3) is 5.56 Å². The van der Waals surface area contributed by atoms with Gasteiger partial charge in [0, 0.05) is 0 Å². The lowest BCUT2D eigenvalue weighted by Gasteiger charge is -2.04. The van der Waals surface area contributed by atoms with Gasteiger partial charge in [-0.3, -0.25) is 9.78 Å². The molecule has 0 radical (unpaired) electrons. The number of nitrogens with zero attached hydrogens (tertiary/aromatic N) is 1. The quantitative estimate of drug-likeness (QED) is 0.681. The minimum Gasteiger partial charge on any atom is -0.501 e. The van der Waals surface area contributed by atoms with Crippen molar-refractivity contribution in [3.8, 4) is 5.75 Å². The first-order valence-corrected chi connectivity index (χ1v) is 4.60. The third kappa shape index (κ3) is 2.60. The molecule has 0 bridgehead atoms. The zero-order chi connectivity index (χ0) is 13.0. The van der Waals surface area contributed by atoms with Crippen molar-refractivity contribution in [2.45, 2.75) is 6.92 Å². The number of aromatic amines is 1. The Bertz CT molecular complexity index is 507. The van der Waals surface area contributed by atoms with Crippen LogP contribution in [0.15, 0.2) is 4.79 Å². The van der Waals surface area contributed by atoms with Gasteiger partial charge in [-0.05, 0) is 6.92 Å². The topological polar surface area (TPSA) is 119 Å². The molecule has 0 aliphatic rings. The van der Waals surface area contributed by atoms with Crippen molar-refractivity contribution >= 4 is 11.9 Å². The molecule has 0 amide bonds. The van der Waals surface area contributed by atoms with Crippen molar-refractivity contribution < 1.29 is 24.2 Å². The summed E-state index contributed by atoms with van der Waals surface area (Å²) in [5, 5.41) is 9.31. The number of esters is 2. The molecule has 1 aromatic rings. The molecule has 0 unspecified atom stereocenters. The van der Waals surface area contributed by atoms with Crippen LogP contribution >= 0.6 is 0 Å². The summed E-state index contributed by atoms with van der Waals surface area (Å²) in [5.41, 5.74) is -1.65. The zero-order valence-electron chi connectivity index (χ0n) is 9.14. The van der Waals surface area contributed by atoms with Gasteiger partial charge in [-0.1, -0.05) is 0 Å². The average Bonchev–Trinajstić information content (AvgIpc) is 2.31. The van der Waals surface area contributed by atoms with Crippen molar-refractivity contribution in [1.82, 2.24) is 9.97 Å². The summed E-state index contributed by atoms with van der Waals surface area (Å²) in [6, 6.07) is 0. The highest BCUT2D eigenvalue weighted by atomic mass is 16.5. The van der Waals surface area contributed by atoms with Gasteiger partial charge in [0.1, 0.15) is 0 Å². The molecule has 0 fully saturated rings. The molecule has 92 valence electrons. The first kappa shape index (κ1) is 12.7. The molecule has 0 aliphatic carbocycles. The van der Waals surface area contributed by atoms with Crippen molar-refractivity contribution in [3.05, 3.63) is 21.9 Å². The Morgan fingerprint density at radius 2 is 2.06 bits per heavy atom. The molecular weight excluding hydrogens is 232 g/mol. The summed E-state index contributed by atoms with van der Waals surface area (Å²) in [4.78, 5) is 39.1. The standard InChI is InChI=1S/C9H10N2O6/c1-3-17-8(14)4-5(12)7(13)11-6(10-4)9(15)16-2/h12H,3H2,1-2H3,(H,10,11,13). The maximum Gasteiger partial charge on any atom is 0.374 e. The van der Waals surface area contributed by atoms with Crippen LogP contribution in [0.4, 0.5) is 0 Å². The van der Waals surface area contributed by atoms with Crippen LogP contribution < -0.4 is 5.56 Å². The predicted octanol–water partition coefficient (Wildman–Crippen LogP) is -0.561. The van der Waals surface area contributed by atoms with Crippen molar-refractivity contribution in [2.24, 2.45) is 0 Å². The number of hydrogen-bond acceptors (Lipinski definition) is 7. The number of ether oxygens (including phenoxy) is 2. The molecule has 0 saturated heterocycles. The minimum absolute atomic E-state index is 0.0420. The predicted molar refractivity (Wildman–Crippen MR) is 53.8 cm³/mol. The molecule has 1 aromatic heterocycles. The molecule has 0 spiro atoms. The Hall–Kier alpha value is -2.38. The third-order valence-electron chi connectivity index (χ3n) is 1.74. The first-order valence-electron chi connectivity index (χ1n) is 4.60. The molecule has 8 heteroatoms. The number of nitrogens with one attached hydrogen (secondary N) is 1. The molecular formula is C9H10N2O6. The number of carbonyl (C=O) groups is 2. The number of aromatic hydroxyl groups is 1. The van der Waals surface area contributed by atoms with Crippen LogP contribution in [0.3, 0.4) is 0 Å². The van der Waals surface area contributed by atoms with Crippen LogP contribution in [0.5, 0.6) is 5.75 Å². The van der Waals surface area contributed by atoms with E-state index in [1.165, 1.54) is 0 Å². The van der Waals surface area contributed by atoms with Crippen LogP contribution in [0, 0.1) is 0 Å². The fourth-order valence-electron chi connectivity index (χ4n) is 1.00. The van der Waals surface area contributed by atoms with E-state index >= 15 is 0 Å². The molecule has 2 N–H and O–H groups in total.